The molecule has 138 valence electrons. The maximum atomic E-state index is 13.0. The van der Waals surface area contributed by atoms with Crippen molar-refractivity contribution in [2.24, 2.45) is 5.92 Å². The molecule has 0 aliphatic carbocycles. The number of para-hydroxylation sites is 2. The molecule has 2 atom stereocenters. The normalized spacial score (nSPS) is 18.1. The number of benzene rings is 2. The van der Waals surface area contributed by atoms with Gasteiger partial charge in [0.05, 0.1) is 22.2 Å². The highest BCUT2D eigenvalue weighted by Crippen LogP contribution is 2.31. The van der Waals surface area contributed by atoms with Gasteiger partial charge in [-0.25, -0.2) is 4.98 Å². The van der Waals surface area contributed by atoms with E-state index < -0.39 is 0 Å². The Hall–Kier alpha value is -2.73. The van der Waals surface area contributed by atoms with Gasteiger partial charge in [-0.15, -0.1) is 11.3 Å². The molecule has 0 radical (unpaired) electrons. The topological polar surface area (TPSA) is 53.5 Å². The third kappa shape index (κ3) is 3.32. The summed E-state index contributed by atoms with van der Waals surface area (Å²) in [6, 6.07) is 17.4. The molecule has 1 aliphatic heterocycles. The van der Waals surface area contributed by atoms with Crippen molar-refractivity contribution in [3.05, 3.63) is 59.6 Å². The summed E-state index contributed by atoms with van der Waals surface area (Å²) >= 11 is 1.61. The van der Waals surface area contributed by atoms with Crippen molar-refractivity contribution >= 4 is 39.1 Å². The number of carbonyl (C=O) groups is 2. The summed E-state index contributed by atoms with van der Waals surface area (Å²) in [6.07, 6.45) is 0.255. The molecule has 5 nitrogen and oxygen atoms in total. The van der Waals surface area contributed by atoms with Crippen molar-refractivity contribution in [3.63, 3.8) is 0 Å². The van der Waals surface area contributed by atoms with Crippen LogP contribution in [0, 0.1) is 5.92 Å². The van der Waals surface area contributed by atoms with Gasteiger partial charge in [-0.2, -0.15) is 0 Å². The molecule has 1 aromatic heterocycles. The number of rotatable bonds is 4. The van der Waals surface area contributed by atoms with Gasteiger partial charge >= 0.3 is 0 Å². The Kier molecular flexibility index (Phi) is 4.66. The first-order valence-electron chi connectivity index (χ1n) is 9.02. The first kappa shape index (κ1) is 17.7. The van der Waals surface area contributed by atoms with Gasteiger partial charge in [0.1, 0.15) is 5.01 Å². The molecule has 0 unspecified atom stereocenters. The Bertz CT molecular complexity index is 952. The van der Waals surface area contributed by atoms with Gasteiger partial charge in [0.25, 0.3) is 0 Å². The van der Waals surface area contributed by atoms with Gasteiger partial charge in [-0.1, -0.05) is 30.3 Å². The maximum absolute atomic E-state index is 13.0. The zero-order valence-electron chi connectivity index (χ0n) is 15.3. The lowest BCUT2D eigenvalue weighted by molar-refractivity contribution is -0.136. The SMILES string of the molecule is C[C@@H](c1nc2ccccc2s1)N(C)C(=O)[C@H]1CC(=O)N(c2ccccc2)C1. The molecular weight excluding hydrogens is 358 g/mol. The van der Waals surface area contributed by atoms with Gasteiger partial charge < -0.3 is 9.80 Å². The lowest BCUT2D eigenvalue weighted by atomic mass is 10.1. The van der Waals surface area contributed by atoms with Gasteiger partial charge in [0, 0.05) is 25.7 Å². The van der Waals surface area contributed by atoms with Crippen LogP contribution in [0.1, 0.15) is 24.4 Å². The summed E-state index contributed by atoms with van der Waals surface area (Å²) in [4.78, 5) is 33.5. The summed E-state index contributed by atoms with van der Waals surface area (Å²) < 4.78 is 1.12. The molecule has 0 saturated carbocycles. The first-order valence-corrected chi connectivity index (χ1v) is 9.84. The van der Waals surface area contributed by atoms with Gasteiger partial charge in [-0.3, -0.25) is 9.59 Å². The summed E-state index contributed by atoms with van der Waals surface area (Å²) in [5, 5.41) is 0.913. The molecule has 4 rings (SSSR count). The Morgan fingerprint density at radius 1 is 1.19 bits per heavy atom. The number of nitrogens with zero attached hydrogens (tertiary/aromatic N) is 3. The van der Waals surface area contributed by atoms with Gasteiger partial charge in [-0.05, 0) is 31.2 Å². The van der Waals surface area contributed by atoms with Crippen LogP contribution < -0.4 is 4.90 Å². The van der Waals surface area contributed by atoms with Crippen molar-refractivity contribution in [1.29, 1.82) is 0 Å². The van der Waals surface area contributed by atoms with E-state index in [9.17, 15) is 9.59 Å². The number of fused-ring (bicyclic) bond motifs is 1. The van der Waals surface area contributed by atoms with Crippen molar-refractivity contribution in [3.8, 4) is 0 Å². The summed E-state index contributed by atoms with van der Waals surface area (Å²) in [7, 11) is 1.80. The fourth-order valence-corrected chi connectivity index (χ4v) is 4.51. The van der Waals surface area contributed by atoms with E-state index >= 15 is 0 Å². The largest absolute Gasteiger partial charge is 0.336 e. The molecule has 0 bridgehead atoms. The number of hydrogen-bond acceptors (Lipinski definition) is 4. The summed E-state index contributed by atoms with van der Waals surface area (Å²) in [5.41, 5.74) is 1.80. The quantitative estimate of drug-likeness (QED) is 0.691. The van der Waals surface area contributed by atoms with Crippen LogP contribution in [-0.2, 0) is 9.59 Å². The fraction of sp³-hybridized carbons (Fsp3) is 0.286. The number of anilines is 1. The van der Waals surface area contributed by atoms with Gasteiger partial charge in [0.2, 0.25) is 11.8 Å². The lowest BCUT2D eigenvalue weighted by Gasteiger charge is -2.26. The molecule has 27 heavy (non-hydrogen) atoms. The molecular formula is C21H21N3O2S. The molecule has 1 saturated heterocycles. The van der Waals surface area contributed by atoms with Crippen molar-refractivity contribution in [1.82, 2.24) is 9.88 Å². The average molecular weight is 379 g/mol. The molecule has 2 amide bonds. The number of hydrogen-bond donors (Lipinski definition) is 0. The molecule has 3 aromatic rings. The zero-order valence-corrected chi connectivity index (χ0v) is 16.1. The van der Waals surface area contributed by atoms with Crippen LogP contribution in [0.25, 0.3) is 10.2 Å². The third-order valence-corrected chi connectivity index (χ3v) is 6.35. The third-order valence-electron chi connectivity index (χ3n) is 5.14. The average Bonchev–Trinajstić information content (AvgIpc) is 3.30. The molecule has 2 aromatic carbocycles. The second kappa shape index (κ2) is 7.12. The Labute approximate surface area is 162 Å². The molecule has 6 heteroatoms. The summed E-state index contributed by atoms with van der Waals surface area (Å²) in [5.74, 6) is -0.325. The standard InChI is InChI=1S/C21H21N3O2S/c1-14(20-22-17-10-6-7-11-18(17)27-20)23(2)21(26)15-12-19(25)24(13-15)16-8-4-3-5-9-16/h3-11,14-15H,12-13H2,1-2H3/t14-,15-/m0/s1. The molecule has 1 fully saturated rings. The second-order valence-electron chi connectivity index (χ2n) is 6.89. The van der Waals surface area contributed by atoms with Gasteiger partial charge in [0.15, 0.2) is 0 Å². The number of amides is 2. The Morgan fingerprint density at radius 2 is 1.89 bits per heavy atom. The second-order valence-corrected chi connectivity index (χ2v) is 7.95. The molecule has 2 heterocycles. The summed E-state index contributed by atoms with van der Waals surface area (Å²) in [6.45, 7) is 2.42. The Balaban J connectivity index is 1.49. The first-order chi connectivity index (χ1) is 13.0. The van der Waals surface area contributed by atoms with E-state index in [1.807, 2.05) is 61.5 Å². The Morgan fingerprint density at radius 3 is 2.63 bits per heavy atom. The van der Waals surface area contributed by atoms with E-state index in [4.69, 9.17) is 0 Å². The van der Waals surface area contributed by atoms with E-state index in [1.165, 1.54) is 0 Å². The minimum Gasteiger partial charge on any atom is -0.336 e. The highest BCUT2D eigenvalue weighted by atomic mass is 32.1. The predicted molar refractivity (Wildman–Crippen MR) is 108 cm³/mol. The van der Waals surface area contributed by atoms with Crippen molar-refractivity contribution < 1.29 is 9.59 Å². The van der Waals surface area contributed by atoms with Crippen LogP contribution in [0.15, 0.2) is 54.6 Å². The highest BCUT2D eigenvalue weighted by Gasteiger charge is 2.37. The number of carbonyl (C=O) groups excluding carboxylic acids is 2. The van der Waals surface area contributed by atoms with Crippen LogP contribution in [0.3, 0.4) is 0 Å². The maximum Gasteiger partial charge on any atom is 0.228 e. The molecule has 0 N–H and O–H groups in total. The number of aromatic nitrogens is 1. The fourth-order valence-electron chi connectivity index (χ4n) is 3.44. The van der Waals surface area contributed by atoms with Crippen LogP contribution in [0.2, 0.25) is 0 Å². The monoisotopic (exact) mass is 379 g/mol. The lowest BCUT2D eigenvalue weighted by Crippen LogP contribution is -2.36. The number of thiazole rings is 1. The molecule has 1 aliphatic rings. The molecule has 0 spiro atoms. The minimum atomic E-state index is -0.320. The van der Waals surface area contributed by atoms with E-state index in [-0.39, 0.29) is 30.2 Å². The van der Waals surface area contributed by atoms with E-state index in [0.29, 0.717) is 6.54 Å². The van der Waals surface area contributed by atoms with Crippen molar-refractivity contribution in [2.75, 3.05) is 18.5 Å². The predicted octanol–water partition coefficient (Wildman–Crippen LogP) is 3.87. The highest BCUT2D eigenvalue weighted by molar-refractivity contribution is 7.18. The van der Waals surface area contributed by atoms with E-state index in [2.05, 4.69) is 4.98 Å². The minimum absolute atomic E-state index is 0.000546. The van der Waals surface area contributed by atoms with E-state index in [0.717, 1.165) is 20.9 Å². The van der Waals surface area contributed by atoms with Crippen molar-refractivity contribution in [2.45, 2.75) is 19.4 Å². The zero-order chi connectivity index (χ0) is 19.0. The van der Waals surface area contributed by atoms with Crippen LogP contribution >= 0.6 is 11.3 Å². The van der Waals surface area contributed by atoms with Crippen LogP contribution in [0.5, 0.6) is 0 Å². The van der Waals surface area contributed by atoms with E-state index in [1.54, 1.807) is 28.2 Å². The smallest absolute Gasteiger partial charge is 0.228 e. The van der Waals surface area contributed by atoms with Crippen LogP contribution in [0.4, 0.5) is 5.69 Å². The van der Waals surface area contributed by atoms with Crippen LogP contribution in [-0.4, -0.2) is 35.3 Å².